The van der Waals surface area contributed by atoms with E-state index in [4.69, 9.17) is 10.5 Å². The average molecular weight is 281 g/mol. The number of rotatable bonds is 3. The van der Waals surface area contributed by atoms with Crippen LogP contribution in [0, 0.1) is 6.92 Å². The van der Waals surface area contributed by atoms with Gasteiger partial charge >= 0.3 is 5.97 Å². The Labute approximate surface area is 125 Å². The number of allylic oxidation sites excluding steroid dienone is 1. The van der Waals surface area contributed by atoms with Gasteiger partial charge in [-0.3, -0.25) is 0 Å². The molecule has 2 rings (SSSR count). The zero-order chi connectivity index (χ0) is 15.6. The number of nitrogens with two attached hydrogens (primary N) is 1. The van der Waals surface area contributed by atoms with Crippen LogP contribution < -0.4 is 5.73 Å². The monoisotopic (exact) mass is 281 g/mol. The number of nitrogen functional groups attached to an aromatic ring is 1. The number of esters is 1. The van der Waals surface area contributed by atoms with Gasteiger partial charge in [0.1, 0.15) is 0 Å². The molecule has 0 heterocycles. The van der Waals surface area contributed by atoms with Crippen LogP contribution in [0.5, 0.6) is 0 Å². The number of methoxy groups -OCH3 is 1. The summed E-state index contributed by atoms with van der Waals surface area (Å²) in [6, 6.07) is 11.3. The zero-order valence-electron chi connectivity index (χ0n) is 12.6. The summed E-state index contributed by atoms with van der Waals surface area (Å²) < 4.78 is 4.77. The Morgan fingerprint density at radius 1 is 1.14 bits per heavy atom. The van der Waals surface area contributed by atoms with Crippen LogP contribution >= 0.6 is 0 Å². The van der Waals surface area contributed by atoms with Crippen molar-refractivity contribution in [2.24, 2.45) is 0 Å². The molecule has 0 radical (unpaired) electrons. The number of ether oxygens (including phenoxy) is 1. The van der Waals surface area contributed by atoms with Crippen molar-refractivity contribution in [2.75, 3.05) is 12.8 Å². The Kier molecular flexibility index (Phi) is 4.13. The maximum atomic E-state index is 11.7. The van der Waals surface area contributed by atoms with Crippen LogP contribution in [0.25, 0.3) is 16.7 Å². The van der Waals surface area contributed by atoms with Crippen molar-refractivity contribution in [2.45, 2.75) is 13.8 Å². The molecule has 3 heteroatoms. The van der Waals surface area contributed by atoms with Crippen molar-refractivity contribution in [3.8, 4) is 11.1 Å². The molecule has 0 atom stereocenters. The Balaban J connectivity index is 2.69. The number of aryl methyl sites for hydroxylation is 1. The van der Waals surface area contributed by atoms with Crippen LogP contribution in [-0.4, -0.2) is 13.1 Å². The smallest absolute Gasteiger partial charge is 0.337 e. The topological polar surface area (TPSA) is 52.3 Å². The Morgan fingerprint density at radius 3 is 2.48 bits per heavy atom. The Hall–Kier alpha value is -2.55. The number of carbonyl (C=O) groups excluding carboxylic acids is 1. The van der Waals surface area contributed by atoms with Gasteiger partial charge in [-0.2, -0.15) is 0 Å². The summed E-state index contributed by atoms with van der Waals surface area (Å²) in [4.78, 5) is 11.7. The molecule has 0 aliphatic heterocycles. The maximum Gasteiger partial charge on any atom is 0.337 e. The third-order valence-corrected chi connectivity index (χ3v) is 3.40. The lowest BCUT2D eigenvalue weighted by atomic mass is 9.92. The third-order valence-electron chi connectivity index (χ3n) is 3.40. The molecule has 0 saturated heterocycles. The van der Waals surface area contributed by atoms with Gasteiger partial charge in [0.25, 0.3) is 0 Å². The average Bonchev–Trinajstić information content (AvgIpc) is 2.46. The molecule has 0 saturated carbocycles. The molecule has 0 unspecified atom stereocenters. The minimum Gasteiger partial charge on any atom is -0.465 e. The number of hydrogen-bond donors (Lipinski definition) is 1. The van der Waals surface area contributed by atoms with Crippen LogP contribution in [0.15, 0.2) is 43.0 Å². The van der Waals surface area contributed by atoms with Gasteiger partial charge in [0.2, 0.25) is 0 Å². The van der Waals surface area contributed by atoms with Gasteiger partial charge < -0.3 is 10.5 Å². The summed E-state index contributed by atoms with van der Waals surface area (Å²) in [6.07, 6.45) is 0. The van der Waals surface area contributed by atoms with Gasteiger partial charge in [0, 0.05) is 11.3 Å². The minimum absolute atomic E-state index is 0.374. The molecule has 108 valence electrons. The van der Waals surface area contributed by atoms with Gasteiger partial charge in [0.05, 0.1) is 12.7 Å². The van der Waals surface area contributed by atoms with Gasteiger partial charge in [-0.15, -0.1) is 0 Å². The van der Waals surface area contributed by atoms with E-state index in [1.807, 2.05) is 26.0 Å². The van der Waals surface area contributed by atoms with E-state index in [9.17, 15) is 4.79 Å². The molecule has 21 heavy (non-hydrogen) atoms. The largest absolute Gasteiger partial charge is 0.465 e. The van der Waals surface area contributed by atoms with E-state index in [1.165, 1.54) is 7.11 Å². The summed E-state index contributed by atoms with van der Waals surface area (Å²) in [5.41, 5.74) is 12.1. The van der Waals surface area contributed by atoms with Gasteiger partial charge in [-0.1, -0.05) is 35.9 Å². The van der Waals surface area contributed by atoms with Crippen LogP contribution in [0.3, 0.4) is 0 Å². The van der Waals surface area contributed by atoms with Crippen LogP contribution in [0.4, 0.5) is 5.69 Å². The molecular formula is C18H19NO2. The Morgan fingerprint density at radius 2 is 1.86 bits per heavy atom. The van der Waals surface area contributed by atoms with Gasteiger partial charge in [0.15, 0.2) is 0 Å². The minimum atomic E-state index is -0.374. The molecule has 3 nitrogen and oxygen atoms in total. The lowest BCUT2D eigenvalue weighted by molar-refractivity contribution is 0.0601. The summed E-state index contributed by atoms with van der Waals surface area (Å²) in [7, 11) is 1.37. The number of anilines is 1. The lowest BCUT2D eigenvalue weighted by Crippen LogP contribution is -2.03. The number of benzene rings is 2. The highest BCUT2D eigenvalue weighted by Crippen LogP contribution is 2.33. The SMILES string of the molecule is C=C(C)c1ccc(C)cc1-c1cc(C(=O)OC)ccc1N. The normalized spacial score (nSPS) is 10.2. The highest BCUT2D eigenvalue weighted by atomic mass is 16.5. The summed E-state index contributed by atoms with van der Waals surface area (Å²) >= 11 is 0. The highest BCUT2D eigenvalue weighted by Gasteiger charge is 2.13. The zero-order valence-corrected chi connectivity index (χ0v) is 12.6. The first-order chi connectivity index (χ1) is 9.93. The second-order valence-corrected chi connectivity index (χ2v) is 5.12. The van der Waals surface area contributed by atoms with Crippen molar-refractivity contribution < 1.29 is 9.53 Å². The molecule has 0 aromatic heterocycles. The molecular weight excluding hydrogens is 262 g/mol. The fraction of sp³-hybridized carbons (Fsp3) is 0.167. The number of hydrogen-bond acceptors (Lipinski definition) is 3. The summed E-state index contributed by atoms with van der Waals surface area (Å²) in [6.45, 7) is 7.98. The van der Waals surface area contributed by atoms with E-state index in [-0.39, 0.29) is 5.97 Å². The first kappa shape index (κ1) is 14.9. The second kappa shape index (κ2) is 5.83. The van der Waals surface area contributed by atoms with E-state index in [0.717, 1.165) is 27.8 Å². The fourth-order valence-electron chi connectivity index (χ4n) is 2.29. The van der Waals surface area contributed by atoms with E-state index >= 15 is 0 Å². The molecule has 0 spiro atoms. The lowest BCUT2D eigenvalue weighted by Gasteiger charge is -2.14. The predicted molar refractivity (Wildman–Crippen MR) is 87.1 cm³/mol. The standard InChI is InChI=1S/C18H19NO2/c1-11(2)14-7-5-12(3)9-15(14)16-10-13(18(20)21-4)6-8-17(16)19/h5-10H,1,19H2,2-4H3. The molecule has 0 fully saturated rings. The third kappa shape index (κ3) is 2.97. The van der Waals surface area contributed by atoms with Crippen molar-refractivity contribution in [1.29, 1.82) is 0 Å². The number of carbonyl (C=O) groups is 1. The van der Waals surface area contributed by atoms with Crippen LogP contribution in [-0.2, 0) is 4.74 Å². The van der Waals surface area contributed by atoms with Crippen molar-refractivity contribution >= 4 is 17.2 Å². The summed E-state index contributed by atoms with van der Waals surface area (Å²) in [5.74, 6) is -0.374. The van der Waals surface area contributed by atoms with Crippen LogP contribution in [0.1, 0.15) is 28.4 Å². The molecule has 0 bridgehead atoms. The summed E-state index contributed by atoms with van der Waals surface area (Å²) in [5, 5.41) is 0. The van der Waals surface area contributed by atoms with E-state index in [2.05, 4.69) is 12.6 Å². The maximum absolute atomic E-state index is 11.7. The van der Waals surface area contributed by atoms with Crippen molar-refractivity contribution in [3.63, 3.8) is 0 Å². The van der Waals surface area contributed by atoms with E-state index < -0.39 is 0 Å². The highest BCUT2D eigenvalue weighted by molar-refractivity contribution is 5.94. The van der Waals surface area contributed by atoms with E-state index in [1.54, 1.807) is 18.2 Å². The Bertz CT molecular complexity index is 717. The fourth-order valence-corrected chi connectivity index (χ4v) is 2.29. The van der Waals surface area contributed by atoms with E-state index in [0.29, 0.717) is 11.3 Å². The predicted octanol–water partition coefficient (Wildman–Crippen LogP) is 4.06. The first-order valence-electron chi connectivity index (χ1n) is 6.68. The van der Waals surface area contributed by atoms with Crippen molar-refractivity contribution in [3.05, 3.63) is 59.7 Å². The molecule has 2 aromatic carbocycles. The quantitative estimate of drug-likeness (QED) is 0.681. The molecule has 0 aliphatic rings. The van der Waals surface area contributed by atoms with Crippen LogP contribution in [0.2, 0.25) is 0 Å². The molecule has 2 N–H and O–H groups in total. The molecule has 0 amide bonds. The first-order valence-corrected chi connectivity index (χ1v) is 6.68. The van der Waals surface area contributed by atoms with Gasteiger partial charge in [-0.25, -0.2) is 4.79 Å². The van der Waals surface area contributed by atoms with Crippen molar-refractivity contribution in [1.82, 2.24) is 0 Å². The molecule has 2 aromatic rings. The second-order valence-electron chi connectivity index (χ2n) is 5.12. The van der Waals surface area contributed by atoms with Gasteiger partial charge in [-0.05, 0) is 43.2 Å². The molecule has 0 aliphatic carbocycles.